The first kappa shape index (κ1) is 18.7. The predicted octanol–water partition coefficient (Wildman–Crippen LogP) is 2.57. The predicted molar refractivity (Wildman–Crippen MR) is 116 cm³/mol. The zero-order valence-electron chi connectivity index (χ0n) is 17.4. The molecule has 1 aliphatic rings. The topological polar surface area (TPSA) is 100 Å². The lowest BCUT2D eigenvalue weighted by Crippen LogP contribution is -2.45. The summed E-state index contributed by atoms with van der Waals surface area (Å²) in [5.74, 6) is 0.675. The molecule has 4 heterocycles. The number of hydrogen-bond donors (Lipinski definition) is 2. The summed E-state index contributed by atoms with van der Waals surface area (Å²) in [6, 6.07) is 6.35. The normalized spacial score (nSPS) is 17.2. The van der Waals surface area contributed by atoms with E-state index in [-0.39, 0.29) is 5.54 Å². The monoisotopic (exact) mass is 403 g/mol. The summed E-state index contributed by atoms with van der Waals surface area (Å²) in [4.78, 5) is 6.80. The van der Waals surface area contributed by atoms with Crippen molar-refractivity contribution in [2.45, 2.75) is 38.8 Å². The minimum absolute atomic E-state index is 0.0991. The Morgan fingerprint density at radius 2 is 2.07 bits per heavy atom. The Morgan fingerprint density at radius 3 is 2.80 bits per heavy atom. The Balaban J connectivity index is 1.40. The molecule has 0 bridgehead atoms. The highest BCUT2D eigenvalue weighted by Crippen LogP contribution is 2.30. The first-order chi connectivity index (χ1) is 14.5. The van der Waals surface area contributed by atoms with Crippen LogP contribution in [0.15, 0.2) is 43.0 Å². The summed E-state index contributed by atoms with van der Waals surface area (Å²) in [7, 11) is 0. The van der Waals surface area contributed by atoms with Crippen LogP contribution in [-0.2, 0) is 0 Å². The largest absolute Gasteiger partial charge is 0.338 e. The highest BCUT2D eigenvalue weighted by atomic mass is 15.3. The molecule has 1 aliphatic heterocycles. The molecule has 2 N–H and O–H groups in total. The molecule has 9 nitrogen and oxygen atoms in total. The minimum atomic E-state index is 0.0991. The highest BCUT2D eigenvalue weighted by Gasteiger charge is 2.27. The van der Waals surface area contributed by atoms with E-state index in [4.69, 9.17) is 0 Å². The van der Waals surface area contributed by atoms with Crippen molar-refractivity contribution in [3.05, 3.63) is 43.0 Å². The maximum absolute atomic E-state index is 4.61. The lowest BCUT2D eigenvalue weighted by Gasteiger charge is -2.25. The van der Waals surface area contributed by atoms with Crippen LogP contribution < -0.4 is 10.2 Å². The third kappa shape index (κ3) is 3.52. The standard InChI is InChI=1S/C21H25N9/c1-21(2,3)25-14-7-10-29(13-14)20-22-12-17(26-28-20)15-5-6-18(30-9-4-8-24-30)19-16(15)11-23-27-19/h4-6,8-9,11-12,14,25H,7,10,13H2,1-3H3,(H,23,27). The molecule has 1 unspecified atom stereocenters. The van der Waals surface area contributed by atoms with Gasteiger partial charge in [-0.3, -0.25) is 5.10 Å². The summed E-state index contributed by atoms with van der Waals surface area (Å²) in [6.07, 6.45) is 8.33. The smallest absolute Gasteiger partial charge is 0.245 e. The van der Waals surface area contributed by atoms with Gasteiger partial charge in [-0.1, -0.05) is 0 Å². The fourth-order valence-electron chi connectivity index (χ4n) is 4.06. The van der Waals surface area contributed by atoms with Crippen molar-refractivity contribution in [1.82, 2.24) is 40.5 Å². The summed E-state index contributed by atoms with van der Waals surface area (Å²) >= 11 is 0. The van der Waals surface area contributed by atoms with Gasteiger partial charge in [0.1, 0.15) is 5.69 Å². The lowest BCUT2D eigenvalue weighted by molar-refractivity contribution is 0.373. The van der Waals surface area contributed by atoms with Gasteiger partial charge in [0.25, 0.3) is 0 Å². The van der Waals surface area contributed by atoms with Crippen molar-refractivity contribution in [1.29, 1.82) is 0 Å². The van der Waals surface area contributed by atoms with Gasteiger partial charge < -0.3 is 10.2 Å². The zero-order chi connectivity index (χ0) is 20.7. The van der Waals surface area contributed by atoms with Crippen molar-refractivity contribution in [2.75, 3.05) is 18.0 Å². The second-order valence-electron chi connectivity index (χ2n) is 8.71. The molecule has 0 amide bonds. The number of nitrogens with one attached hydrogen (secondary N) is 2. The molecular formula is C21H25N9. The molecule has 0 aliphatic carbocycles. The third-order valence-electron chi connectivity index (χ3n) is 5.28. The van der Waals surface area contributed by atoms with Crippen molar-refractivity contribution < 1.29 is 0 Å². The van der Waals surface area contributed by atoms with E-state index in [0.29, 0.717) is 12.0 Å². The second-order valence-corrected chi connectivity index (χ2v) is 8.71. The molecule has 3 aromatic heterocycles. The summed E-state index contributed by atoms with van der Waals surface area (Å²) in [6.45, 7) is 8.40. The molecular weight excluding hydrogens is 378 g/mol. The van der Waals surface area contributed by atoms with Gasteiger partial charge >= 0.3 is 0 Å². The maximum Gasteiger partial charge on any atom is 0.245 e. The van der Waals surface area contributed by atoms with E-state index in [2.05, 4.69) is 61.5 Å². The van der Waals surface area contributed by atoms with Crippen molar-refractivity contribution in [3.63, 3.8) is 0 Å². The molecule has 4 aromatic rings. The van der Waals surface area contributed by atoms with Crippen LogP contribution in [0.3, 0.4) is 0 Å². The Kier molecular flexibility index (Phi) is 4.47. The van der Waals surface area contributed by atoms with E-state index >= 15 is 0 Å². The van der Waals surface area contributed by atoms with Crippen LogP contribution in [-0.4, -0.2) is 59.8 Å². The Morgan fingerprint density at radius 1 is 1.17 bits per heavy atom. The molecule has 1 aromatic carbocycles. The van der Waals surface area contributed by atoms with E-state index < -0.39 is 0 Å². The van der Waals surface area contributed by atoms with Crippen LogP contribution in [0.4, 0.5) is 5.95 Å². The number of rotatable bonds is 4. The number of nitrogens with zero attached hydrogens (tertiary/aromatic N) is 7. The molecule has 0 saturated carbocycles. The number of anilines is 1. The number of benzene rings is 1. The Labute approximate surface area is 174 Å². The van der Waals surface area contributed by atoms with E-state index in [0.717, 1.165) is 47.4 Å². The number of hydrogen-bond acceptors (Lipinski definition) is 7. The number of aromatic amines is 1. The molecule has 1 saturated heterocycles. The van der Waals surface area contributed by atoms with Crippen molar-refractivity contribution in [2.24, 2.45) is 0 Å². The van der Waals surface area contributed by atoms with E-state index in [1.165, 1.54) is 0 Å². The molecule has 30 heavy (non-hydrogen) atoms. The van der Waals surface area contributed by atoms with Crippen LogP contribution in [0.5, 0.6) is 0 Å². The molecule has 9 heteroatoms. The molecule has 0 spiro atoms. The summed E-state index contributed by atoms with van der Waals surface area (Å²) in [5, 5.41) is 25.1. The van der Waals surface area contributed by atoms with Crippen LogP contribution in [0.1, 0.15) is 27.2 Å². The summed E-state index contributed by atoms with van der Waals surface area (Å²) < 4.78 is 1.81. The average Bonchev–Trinajstić information content (AvgIpc) is 3.47. The number of H-pyrrole nitrogens is 1. The average molecular weight is 403 g/mol. The zero-order valence-corrected chi connectivity index (χ0v) is 17.4. The number of fused-ring (bicyclic) bond motifs is 1. The molecule has 1 atom stereocenters. The van der Waals surface area contributed by atoms with Crippen LogP contribution in [0.25, 0.3) is 27.8 Å². The molecule has 5 rings (SSSR count). The van der Waals surface area contributed by atoms with Gasteiger partial charge in [-0.05, 0) is 45.4 Å². The van der Waals surface area contributed by atoms with Gasteiger partial charge in [0.15, 0.2) is 0 Å². The highest BCUT2D eigenvalue weighted by molar-refractivity contribution is 5.97. The second kappa shape index (κ2) is 7.17. The SMILES string of the molecule is CC(C)(C)NC1CCN(c2ncc(-c3ccc(-n4cccn4)c4[nH]ncc34)nn2)C1. The van der Waals surface area contributed by atoms with Gasteiger partial charge in [-0.15, -0.1) is 10.2 Å². The van der Waals surface area contributed by atoms with Crippen LogP contribution in [0.2, 0.25) is 0 Å². The molecule has 0 radical (unpaired) electrons. The fraction of sp³-hybridized carbons (Fsp3) is 0.381. The quantitative estimate of drug-likeness (QED) is 0.540. The lowest BCUT2D eigenvalue weighted by atomic mass is 10.1. The Hall–Kier alpha value is -3.33. The summed E-state index contributed by atoms with van der Waals surface area (Å²) in [5.41, 5.74) is 3.60. The first-order valence-corrected chi connectivity index (χ1v) is 10.2. The molecule has 1 fully saturated rings. The fourth-order valence-corrected chi connectivity index (χ4v) is 4.06. The van der Waals surface area contributed by atoms with Gasteiger partial charge in [-0.2, -0.15) is 10.2 Å². The van der Waals surface area contributed by atoms with Crippen LogP contribution >= 0.6 is 0 Å². The third-order valence-corrected chi connectivity index (χ3v) is 5.28. The maximum atomic E-state index is 4.61. The van der Waals surface area contributed by atoms with Crippen LogP contribution in [0, 0.1) is 0 Å². The van der Waals surface area contributed by atoms with Crippen molar-refractivity contribution in [3.8, 4) is 16.9 Å². The Bertz CT molecular complexity index is 1140. The van der Waals surface area contributed by atoms with Gasteiger partial charge in [0.2, 0.25) is 5.95 Å². The van der Waals surface area contributed by atoms with E-state index in [9.17, 15) is 0 Å². The van der Waals surface area contributed by atoms with Gasteiger partial charge in [0, 0.05) is 48.0 Å². The number of aromatic nitrogens is 7. The van der Waals surface area contributed by atoms with E-state index in [1.807, 2.05) is 29.1 Å². The van der Waals surface area contributed by atoms with E-state index in [1.54, 1.807) is 18.6 Å². The van der Waals surface area contributed by atoms with Gasteiger partial charge in [0.05, 0.1) is 23.6 Å². The van der Waals surface area contributed by atoms with Gasteiger partial charge in [-0.25, -0.2) is 9.67 Å². The minimum Gasteiger partial charge on any atom is -0.338 e. The van der Waals surface area contributed by atoms with Crippen molar-refractivity contribution >= 4 is 16.9 Å². The first-order valence-electron chi connectivity index (χ1n) is 10.2. The molecule has 154 valence electrons.